The van der Waals surface area contributed by atoms with E-state index in [1.807, 2.05) is 30.3 Å². The lowest BCUT2D eigenvalue weighted by molar-refractivity contribution is -0.271. The van der Waals surface area contributed by atoms with Gasteiger partial charge in [0.25, 0.3) is 0 Å². The Morgan fingerprint density at radius 2 is 1.66 bits per heavy atom. The van der Waals surface area contributed by atoms with E-state index < -0.39 is 11.0 Å². The van der Waals surface area contributed by atoms with Crippen molar-refractivity contribution in [1.29, 1.82) is 0 Å². The number of rotatable bonds is 4. The van der Waals surface area contributed by atoms with Gasteiger partial charge in [-0.05, 0) is 103 Å². The number of hydrogen-bond donors (Lipinski definition) is 1. The minimum Gasteiger partial charge on any atom is -0.493 e. The Morgan fingerprint density at radius 3 is 2.44 bits per heavy atom. The van der Waals surface area contributed by atoms with Crippen molar-refractivity contribution in [2.75, 3.05) is 13.7 Å². The number of methoxy groups -OCH3 is 1. The summed E-state index contributed by atoms with van der Waals surface area (Å²) in [6.45, 7) is 0.580. The molecule has 1 aromatic rings. The molecule has 10 rings (SSSR count). The Labute approximate surface area is 189 Å². The Bertz CT molecular complexity index is 1050. The molecule has 0 aromatic heterocycles. The first-order chi connectivity index (χ1) is 15.6. The maximum Gasteiger partial charge on any atom is 0.315 e. The largest absolute Gasteiger partial charge is 0.493 e. The molecule has 0 saturated heterocycles. The quantitative estimate of drug-likeness (QED) is 0.736. The number of para-hydroxylation sites is 1. The van der Waals surface area contributed by atoms with Crippen LogP contribution in [-0.4, -0.2) is 30.4 Å². The molecular weight excluding hydrogens is 400 g/mol. The number of carbonyl (C=O) groups excluding carboxylic acids is 1. The Balaban J connectivity index is 1.32. The van der Waals surface area contributed by atoms with Crippen molar-refractivity contribution in [3.05, 3.63) is 30.3 Å². The Hall–Kier alpha value is -1.55. The van der Waals surface area contributed by atoms with Crippen LogP contribution in [-0.2, 0) is 9.53 Å². The smallest absolute Gasteiger partial charge is 0.315 e. The summed E-state index contributed by atoms with van der Waals surface area (Å²) in [4.78, 5) is 14.0. The van der Waals surface area contributed by atoms with Crippen LogP contribution in [0.3, 0.4) is 0 Å². The summed E-state index contributed by atoms with van der Waals surface area (Å²) in [5, 5.41) is 13.2. The summed E-state index contributed by atoms with van der Waals surface area (Å²) in [6, 6.07) is 10.2. The molecule has 14 atom stereocenters. The van der Waals surface area contributed by atoms with E-state index in [4.69, 9.17) is 9.47 Å². The average molecular weight is 433 g/mol. The molecule has 0 radical (unpaired) electrons. The van der Waals surface area contributed by atoms with Gasteiger partial charge in [0.15, 0.2) is 0 Å². The highest BCUT2D eigenvalue weighted by Gasteiger charge is 3.02. The van der Waals surface area contributed by atoms with E-state index in [1.54, 1.807) is 7.11 Å². The van der Waals surface area contributed by atoms with E-state index in [0.717, 1.165) is 12.2 Å². The molecule has 14 unspecified atom stereocenters. The molecule has 9 fully saturated rings. The van der Waals surface area contributed by atoms with Gasteiger partial charge in [-0.15, -0.1) is 0 Å². The van der Waals surface area contributed by atoms with Crippen LogP contribution in [0.5, 0.6) is 5.75 Å². The van der Waals surface area contributed by atoms with Gasteiger partial charge in [0.05, 0.1) is 19.3 Å². The van der Waals surface area contributed by atoms with Gasteiger partial charge in [0, 0.05) is 5.41 Å². The molecule has 9 aliphatic carbocycles. The summed E-state index contributed by atoms with van der Waals surface area (Å²) in [7, 11) is 1.57. The fourth-order valence-electron chi connectivity index (χ4n) is 13.7. The van der Waals surface area contributed by atoms with Crippen molar-refractivity contribution in [2.24, 2.45) is 75.9 Å². The van der Waals surface area contributed by atoms with Crippen LogP contribution < -0.4 is 4.74 Å². The predicted molar refractivity (Wildman–Crippen MR) is 115 cm³/mol. The van der Waals surface area contributed by atoms with E-state index in [9.17, 15) is 9.90 Å². The first kappa shape index (κ1) is 17.9. The van der Waals surface area contributed by atoms with Crippen LogP contribution in [0.4, 0.5) is 0 Å². The third kappa shape index (κ3) is 1.32. The normalized spacial score (nSPS) is 62.4. The molecule has 0 amide bonds. The van der Waals surface area contributed by atoms with Gasteiger partial charge < -0.3 is 14.6 Å². The fraction of sp³-hybridized carbons (Fsp3) is 0.750. The highest BCUT2D eigenvalue weighted by atomic mass is 16.5. The summed E-state index contributed by atoms with van der Waals surface area (Å²) in [5.41, 5.74) is -1.89. The lowest BCUT2D eigenvalue weighted by Gasteiger charge is -2.63. The zero-order valence-corrected chi connectivity index (χ0v) is 18.7. The summed E-state index contributed by atoms with van der Waals surface area (Å²) in [6.07, 6.45) is 6.12. The van der Waals surface area contributed by atoms with E-state index in [0.29, 0.717) is 65.8 Å². The standard InChI is InChI=1S/C28H32O4/c1-31-25(29)27-22-15-9-5-8-14(15)21-19(22)20-23(27)16-10-11-17-18(16)24(20)26(21,28(17,27)30)12-32-13-6-3-2-4-7-13/h2-4,6-7,14-24,30H,5,8-12H2,1H3. The SMILES string of the molecule is COC(=O)C12C3C4CCCC4C4C3C3C5C6C(CCC6C1(O)C45COc1ccccc1)C32. The van der Waals surface area contributed by atoms with Gasteiger partial charge in [0.1, 0.15) is 11.2 Å². The highest BCUT2D eigenvalue weighted by Crippen LogP contribution is 2.98. The molecule has 32 heavy (non-hydrogen) atoms. The maximum atomic E-state index is 14.0. The van der Waals surface area contributed by atoms with Crippen LogP contribution in [0.2, 0.25) is 0 Å². The second kappa shape index (κ2) is 5.09. The molecule has 1 N–H and O–H groups in total. The summed E-state index contributed by atoms with van der Waals surface area (Å²) < 4.78 is 12.3. The molecule has 0 aliphatic heterocycles. The third-order valence-electron chi connectivity index (χ3n) is 13.2. The van der Waals surface area contributed by atoms with E-state index in [2.05, 4.69) is 0 Å². The number of hydrogen-bond acceptors (Lipinski definition) is 4. The van der Waals surface area contributed by atoms with Gasteiger partial charge in [-0.2, -0.15) is 0 Å². The number of esters is 1. The molecule has 9 aliphatic rings. The van der Waals surface area contributed by atoms with Crippen molar-refractivity contribution in [2.45, 2.75) is 37.7 Å². The van der Waals surface area contributed by atoms with Gasteiger partial charge in [-0.3, -0.25) is 4.79 Å². The van der Waals surface area contributed by atoms with Crippen LogP contribution in [0.15, 0.2) is 30.3 Å². The van der Waals surface area contributed by atoms with Crippen molar-refractivity contribution in [3.8, 4) is 5.75 Å². The van der Waals surface area contributed by atoms with Crippen molar-refractivity contribution < 1.29 is 19.4 Å². The Kier molecular flexibility index (Phi) is 2.84. The van der Waals surface area contributed by atoms with E-state index in [-0.39, 0.29) is 17.3 Å². The van der Waals surface area contributed by atoms with Gasteiger partial charge in [-0.1, -0.05) is 24.6 Å². The Morgan fingerprint density at radius 1 is 0.938 bits per heavy atom. The van der Waals surface area contributed by atoms with Crippen LogP contribution in [0, 0.1) is 75.9 Å². The van der Waals surface area contributed by atoms with Gasteiger partial charge in [0.2, 0.25) is 0 Å². The fourth-order valence-corrected chi connectivity index (χ4v) is 13.7. The van der Waals surface area contributed by atoms with Crippen LogP contribution in [0.1, 0.15) is 32.1 Å². The molecule has 0 heterocycles. The molecule has 1 aromatic carbocycles. The minimum absolute atomic E-state index is 0.0618. The molecular formula is C28H32O4. The molecule has 9 saturated carbocycles. The minimum atomic E-state index is -0.946. The second-order valence-corrected chi connectivity index (χ2v) is 12.7. The molecule has 9 bridgehead atoms. The number of ether oxygens (including phenoxy) is 2. The molecule has 0 spiro atoms. The molecule has 168 valence electrons. The van der Waals surface area contributed by atoms with Gasteiger partial charge >= 0.3 is 5.97 Å². The topological polar surface area (TPSA) is 55.8 Å². The van der Waals surface area contributed by atoms with Crippen LogP contribution in [0.25, 0.3) is 0 Å². The zero-order valence-electron chi connectivity index (χ0n) is 18.7. The predicted octanol–water partition coefficient (Wildman–Crippen LogP) is 3.78. The average Bonchev–Trinajstić information content (AvgIpc) is 3.59. The lowest BCUT2D eigenvalue weighted by atomic mass is 9.42. The van der Waals surface area contributed by atoms with Gasteiger partial charge in [-0.25, -0.2) is 0 Å². The number of fused-ring (bicyclic) bond motifs is 1. The maximum absolute atomic E-state index is 14.0. The second-order valence-electron chi connectivity index (χ2n) is 12.7. The monoisotopic (exact) mass is 432 g/mol. The number of aliphatic hydroxyl groups is 1. The third-order valence-corrected chi connectivity index (χ3v) is 13.2. The molecule has 4 nitrogen and oxygen atoms in total. The van der Waals surface area contributed by atoms with E-state index in [1.165, 1.54) is 25.7 Å². The van der Waals surface area contributed by atoms with Crippen LogP contribution >= 0.6 is 0 Å². The van der Waals surface area contributed by atoms with Crippen molar-refractivity contribution in [3.63, 3.8) is 0 Å². The molecule has 4 heteroatoms. The van der Waals surface area contributed by atoms with E-state index >= 15 is 0 Å². The zero-order chi connectivity index (χ0) is 21.2. The summed E-state index contributed by atoms with van der Waals surface area (Å²) in [5.74, 6) is 6.66. The highest BCUT2D eigenvalue weighted by molar-refractivity contribution is 5.83. The lowest BCUT2D eigenvalue weighted by Crippen LogP contribution is -2.74. The first-order valence-electron chi connectivity index (χ1n) is 13.1. The number of benzene rings is 1. The van der Waals surface area contributed by atoms with Crippen molar-refractivity contribution in [1.82, 2.24) is 0 Å². The first-order valence-corrected chi connectivity index (χ1v) is 13.1. The van der Waals surface area contributed by atoms with Crippen molar-refractivity contribution >= 4 is 5.97 Å². The number of carbonyl (C=O) groups is 1. The summed E-state index contributed by atoms with van der Waals surface area (Å²) >= 11 is 0.